The number of halogens is 2. The maximum atomic E-state index is 11.9. The van der Waals surface area contributed by atoms with Gasteiger partial charge >= 0.3 is 5.97 Å². The topological polar surface area (TPSA) is 78.4 Å². The van der Waals surface area contributed by atoms with Crippen molar-refractivity contribution in [3.8, 4) is 0 Å². The Morgan fingerprint density at radius 3 is 2.40 bits per heavy atom. The lowest BCUT2D eigenvalue weighted by molar-refractivity contribution is -0.115. The Kier molecular flexibility index (Phi) is 6.52. The largest absolute Gasteiger partial charge is 0.478 e. The molecule has 128 valence electrons. The predicted molar refractivity (Wildman–Crippen MR) is 103 cm³/mol. The molecular weight excluding hydrogens is 383 g/mol. The minimum atomic E-state index is -1.20. The third-order valence-electron chi connectivity index (χ3n) is 3.00. The lowest BCUT2D eigenvalue weighted by Gasteiger charge is -2.11. The van der Waals surface area contributed by atoms with Gasteiger partial charge in [-0.05, 0) is 36.0 Å². The molecule has 5 nitrogen and oxygen atoms in total. The summed E-state index contributed by atoms with van der Waals surface area (Å²) in [7, 11) is 0. The molecule has 0 spiro atoms. The van der Waals surface area contributed by atoms with Gasteiger partial charge in [0.15, 0.2) is 5.11 Å². The number of thiocarbonyl (C=S) groups is 1. The molecule has 8 heteroatoms. The Morgan fingerprint density at radius 1 is 1.08 bits per heavy atom. The van der Waals surface area contributed by atoms with Gasteiger partial charge in [-0.1, -0.05) is 53.5 Å². The Balaban J connectivity index is 2.03. The van der Waals surface area contributed by atoms with Crippen molar-refractivity contribution in [3.05, 3.63) is 69.7 Å². The zero-order chi connectivity index (χ0) is 18.4. The van der Waals surface area contributed by atoms with Gasteiger partial charge in [-0.3, -0.25) is 10.1 Å². The SMILES string of the molecule is O=C(/C=C/c1ccccc1)NC(=S)Nc1cc(C(=O)O)c(Cl)cc1Cl. The molecule has 0 saturated carbocycles. The first-order chi connectivity index (χ1) is 11.9. The molecule has 0 atom stereocenters. The highest BCUT2D eigenvalue weighted by Crippen LogP contribution is 2.29. The summed E-state index contributed by atoms with van der Waals surface area (Å²) in [5.41, 5.74) is 0.954. The second-order valence-electron chi connectivity index (χ2n) is 4.80. The number of hydrogen-bond donors (Lipinski definition) is 3. The molecule has 1 amide bonds. The summed E-state index contributed by atoms with van der Waals surface area (Å²) in [5.74, 6) is -1.64. The van der Waals surface area contributed by atoms with Crippen molar-refractivity contribution < 1.29 is 14.7 Å². The van der Waals surface area contributed by atoms with Crippen LogP contribution in [0.1, 0.15) is 15.9 Å². The molecule has 0 radical (unpaired) electrons. The van der Waals surface area contributed by atoms with Crippen LogP contribution < -0.4 is 10.6 Å². The van der Waals surface area contributed by atoms with Crippen LogP contribution >= 0.6 is 35.4 Å². The van der Waals surface area contributed by atoms with Crippen LogP contribution in [-0.4, -0.2) is 22.1 Å². The van der Waals surface area contributed by atoms with E-state index in [9.17, 15) is 9.59 Å². The highest BCUT2D eigenvalue weighted by atomic mass is 35.5. The summed E-state index contributed by atoms with van der Waals surface area (Å²) in [6, 6.07) is 11.8. The van der Waals surface area contributed by atoms with E-state index in [-0.39, 0.29) is 26.4 Å². The average molecular weight is 395 g/mol. The highest BCUT2D eigenvalue weighted by molar-refractivity contribution is 7.80. The smallest absolute Gasteiger partial charge is 0.337 e. The van der Waals surface area contributed by atoms with Crippen molar-refractivity contribution in [3.63, 3.8) is 0 Å². The third kappa shape index (κ3) is 5.56. The normalized spacial score (nSPS) is 10.5. The van der Waals surface area contributed by atoms with Crippen LogP contribution in [0.3, 0.4) is 0 Å². The Morgan fingerprint density at radius 2 is 1.76 bits per heavy atom. The first kappa shape index (κ1) is 18.9. The number of carboxylic acid groups (broad SMARTS) is 1. The quantitative estimate of drug-likeness (QED) is 0.534. The van der Waals surface area contributed by atoms with E-state index < -0.39 is 11.9 Å². The molecule has 0 heterocycles. The van der Waals surface area contributed by atoms with E-state index in [0.29, 0.717) is 0 Å². The molecule has 0 aliphatic rings. The maximum absolute atomic E-state index is 11.9. The Labute approximate surface area is 159 Å². The van der Waals surface area contributed by atoms with Gasteiger partial charge in [-0.15, -0.1) is 0 Å². The average Bonchev–Trinajstić information content (AvgIpc) is 2.56. The van der Waals surface area contributed by atoms with E-state index in [1.165, 1.54) is 18.2 Å². The molecule has 0 bridgehead atoms. The summed E-state index contributed by atoms with van der Waals surface area (Å²) in [5, 5.41) is 14.3. The fourth-order valence-corrected chi connectivity index (χ4v) is 2.57. The van der Waals surface area contributed by atoms with E-state index >= 15 is 0 Å². The van der Waals surface area contributed by atoms with Crippen LogP contribution in [0.5, 0.6) is 0 Å². The molecule has 25 heavy (non-hydrogen) atoms. The second-order valence-corrected chi connectivity index (χ2v) is 6.03. The van der Waals surface area contributed by atoms with Crippen molar-refractivity contribution in [2.45, 2.75) is 0 Å². The molecule has 3 N–H and O–H groups in total. The molecule has 2 aromatic rings. The minimum absolute atomic E-state index is 0.00352. The van der Waals surface area contributed by atoms with E-state index in [2.05, 4.69) is 10.6 Å². The van der Waals surface area contributed by atoms with E-state index in [4.69, 9.17) is 40.5 Å². The molecule has 0 aromatic heterocycles. The van der Waals surface area contributed by atoms with Gasteiger partial charge in [0.25, 0.3) is 0 Å². The molecule has 2 rings (SSSR count). The summed E-state index contributed by atoms with van der Waals surface area (Å²) >= 11 is 16.8. The van der Waals surface area contributed by atoms with Crippen molar-refractivity contribution in [2.75, 3.05) is 5.32 Å². The van der Waals surface area contributed by atoms with Gasteiger partial charge in [0.05, 0.1) is 21.3 Å². The Bertz CT molecular complexity index is 854. The number of nitrogens with one attached hydrogen (secondary N) is 2. The molecule has 0 aliphatic carbocycles. The van der Waals surface area contributed by atoms with Crippen LogP contribution in [-0.2, 0) is 4.79 Å². The number of amides is 1. The lowest BCUT2D eigenvalue weighted by atomic mass is 10.2. The number of carboxylic acids is 1. The van der Waals surface area contributed by atoms with Crippen LogP contribution in [0.2, 0.25) is 10.0 Å². The number of anilines is 1. The molecule has 0 aliphatic heterocycles. The van der Waals surface area contributed by atoms with Crippen LogP contribution in [0.4, 0.5) is 5.69 Å². The number of rotatable bonds is 4. The first-order valence-electron chi connectivity index (χ1n) is 6.94. The summed E-state index contributed by atoms with van der Waals surface area (Å²) in [6.45, 7) is 0. The van der Waals surface area contributed by atoms with Gasteiger partial charge in [0.1, 0.15) is 0 Å². The summed E-state index contributed by atoms with van der Waals surface area (Å²) in [6.07, 6.45) is 2.96. The van der Waals surface area contributed by atoms with E-state index in [1.54, 1.807) is 6.08 Å². The number of carbonyl (C=O) groups is 2. The number of benzene rings is 2. The van der Waals surface area contributed by atoms with Gasteiger partial charge in [-0.25, -0.2) is 4.79 Å². The van der Waals surface area contributed by atoms with E-state index in [1.807, 2.05) is 30.3 Å². The minimum Gasteiger partial charge on any atom is -0.478 e. The fraction of sp³-hybridized carbons (Fsp3) is 0. The van der Waals surface area contributed by atoms with Gasteiger partial charge < -0.3 is 10.4 Å². The fourth-order valence-electron chi connectivity index (χ4n) is 1.85. The third-order valence-corrected chi connectivity index (χ3v) is 3.83. The summed E-state index contributed by atoms with van der Waals surface area (Å²) < 4.78 is 0. The van der Waals surface area contributed by atoms with Crippen LogP contribution in [0.25, 0.3) is 6.08 Å². The molecular formula is C17H12Cl2N2O3S. The highest BCUT2D eigenvalue weighted by Gasteiger charge is 2.14. The number of hydrogen-bond acceptors (Lipinski definition) is 3. The molecule has 2 aromatic carbocycles. The van der Waals surface area contributed by atoms with Crippen molar-refractivity contribution in [1.82, 2.24) is 5.32 Å². The van der Waals surface area contributed by atoms with Crippen LogP contribution in [0, 0.1) is 0 Å². The standard InChI is InChI=1S/C17H12Cl2N2O3S/c18-12-9-13(19)14(8-11(12)16(23)24)20-17(25)21-15(22)7-6-10-4-2-1-3-5-10/h1-9H,(H,23,24)(H2,20,21,22,25)/b7-6+. The molecule has 0 unspecified atom stereocenters. The van der Waals surface area contributed by atoms with E-state index in [0.717, 1.165) is 5.56 Å². The van der Waals surface area contributed by atoms with Gasteiger partial charge in [0, 0.05) is 6.08 Å². The zero-order valence-electron chi connectivity index (χ0n) is 12.6. The van der Waals surface area contributed by atoms with Gasteiger partial charge in [0.2, 0.25) is 5.91 Å². The number of carbonyl (C=O) groups excluding carboxylic acids is 1. The Hall–Kier alpha value is -2.41. The maximum Gasteiger partial charge on any atom is 0.337 e. The summed E-state index contributed by atoms with van der Waals surface area (Å²) in [4.78, 5) is 23.0. The van der Waals surface area contributed by atoms with Crippen molar-refractivity contribution in [1.29, 1.82) is 0 Å². The predicted octanol–water partition coefficient (Wildman–Crippen LogP) is 4.22. The number of aromatic carboxylic acids is 1. The molecule has 0 fully saturated rings. The monoisotopic (exact) mass is 394 g/mol. The zero-order valence-corrected chi connectivity index (χ0v) is 15.0. The first-order valence-corrected chi connectivity index (χ1v) is 8.10. The van der Waals surface area contributed by atoms with Crippen molar-refractivity contribution >= 4 is 64.2 Å². The van der Waals surface area contributed by atoms with Crippen molar-refractivity contribution in [2.24, 2.45) is 0 Å². The van der Waals surface area contributed by atoms with Gasteiger partial charge in [-0.2, -0.15) is 0 Å². The lowest BCUT2D eigenvalue weighted by Crippen LogP contribution is -2.33. The van der Waals surface area contributed by atoms with Crippen LogP contribution in [0.15, 0.2) is 48.5 Å². The second kappa shape index (κ2) is 8.62. The molecule has 0 saturated heterocycles.